The largest absolute Gasteiger partial charge is 0.493 e. The number of methoxy groups -OCH3 is 1. The molecule has 0 saturated carbocycles. The molecule has 0 spiro atoms. The van der Waals surface area contributed by atoms with E-state index in [2.05, 4.69) is 4.74 Å². The second-order valence-corrected chi connectivity index (χ2v) is 5.02. The van der Waals surface area contributed by atoms with Crippen molar-refractivity contribution < 1.29 is 23.8 Å². The van der Waals surface area contributed by atoms with Crippen molar-refractivity contribution in [2.75, 3.05) is 13.7 Å². The molecular formula is C15H18ClNO5. The third-order valence-corrected chi connectivity index (χ3v) is 2.65. The highest BCUT2D eigenvalue weighted by atomic mass is 35.5. The number of hydrogen-bond donors (Lipinski definition) is 1. The first-order valence-electron chi connectivity index (χ1n) is 6.50. The first-order valence-corrected chi connectivity index (χ1v) is 6.88. The second-order valence-electron chi connectivity index (χ2n) is 4.61. The Kier molecular flexibility index (Phi) is 6.72. The number of esters is 1. The fraction of sp³-hybridized carbons (Fsp3) is 0.333. The van der Waals surface area contributed by atoms with Gasteiger partial charge >= 0.3 is 5.97 Å². The highest BCUT2D eigenvalue weighted by molar-refractivity contribution is 6.32. The summed E-state index contributed by atoms with van der Waals surface area (Å²) >= 11 is 6.16. The summed E-state index contributed by atoms with van der Waals surface area (Å²) < 4.78 is 15.4. The molecule has 6 nitrogen and oxygen atoms in total. The van der Waals surface area contributed by atoms with Gasteiger partial charge in [0.1, 0.15) is 0 Å². The van der Waals surface area contributed by atoms with Gasteiger partial charge in [-0.2, -0.15) is 0 Å². The van der Waals surface area contributed by atoms with Crippen LogP contribution in [0.3, 0.4) is 0 Å². The van der Waals surface area contributed by atoms with Crippen molar-refractivity contribution in [3.05, 3.63) is 28.8 Å². The lowest BCUT2D eigenvalue weighted by molar-refractivity contribution is -0.142. The molecule has 120 valence electrons. The Balaban J connectivity index is 2.90. The number of ether oxygens (including phenoxy) is 3. The minimum Gasteiger partial charge on any atom is -0.493 e. The Morgan fingerprint density at radius 3 is 2.59 bits per heavy atom. The van der Waals surface area contributed by atoms with Crippen molar-refractivity contribution in [2.45, 2.75) is 20.0 Å². The van der Waals surface area contributed by atoms with Crippen molar-refractivity contribution >= 4 is 29.6 Å². The van der Waals surface area contributed by atoms with Gasteiger partial charge in [0.15, 0.2) is 18.1 Å². The fourth-order valence-electron chi connectivity index (χ4n) is 1.54. The van der Waals surface area contributed by atoms with E-state index in [0.29, 0.717) is 22.1 Å². The molecule has 0 heterocycles. The summed E-state index contributed by atoms with van der Waals surface area (Å²) in [5, 5.41) is 0.359. The fourth-order valence-corrected chi connectivity index (χ4v) is 1.80. The number of nitrogens with two attached hydrogens (primary N) is 1. The normalized spacial score (nSPS) is 10.8. The van der Waals surface area contributed by atoms with Gasteiger partial charge in [0, 0.05) is 6.08 Å². The molecular weight excluding hydrogens is 310 g/mol. The molecule has 1 aromatic rings. The number of hydrogen-bond acceptors (Lipinski definition) is 5. The number of primary amides is 1. The highest BCUT2D eigenvalue weighted by Gasteiger charge is 2.12. The third-order valence-electron chi connectivity index (χ3n) is 2.37. The summed E-state index contributed by atoms with van der Waals surface area (Å²) in [7, 11) is 1.49. The van der Waals surface area contributed by atoms with E-state index in [-0.39, 0.29) is 6.10 Å². The van der Waals surface area contributed by atoms with E-state index in [4.69, 9.17) is 26.8 Å². The van der Waals surface area contributed by atoms with E-state index in [0.717, 1.165) is 6.08 Å². The van der Waals surface area contributed by atoms with Crippen molar-refractivity contribution in [2.24, 2.45) is 5.73 Å². The van der Waals surface area contributed by atoms with E-state index in [1.807, 2.05) is 13.8 Å². The summed E-state index contributed by atoms with van der Waals surface area (Å²) in [5.41, 5.74) is 5.49. The first-order chi connectivity index (χ1) is 10.3. The van der Waals surface area contributed by atoms with Gasteiger partial charge in [-0.3, -0.25) is 4.79 Å². The van der Waals surface area contributed by atoms with Crippen molar-refractivity contribution in [1.29, 1.82) is 0 Å². The second kappa shape index (κ2) is 8.29. The number of halogens is 1. The maximum atomic E-state index is 11.4. The maximum absolute atomic E-state index is 11.4. The number of benzene rings is 1. The van der Waals surface area contributed by atoms with Crippen molar-refractivity contribution in [3.63, 3.8) is 0 Å². The predicted molar refractivity (Wildman–Crippen MR) is 83.0 cm³/mol. The van der Waals surface area contributed by atoms with Crippen molar-refractivity contribution in [1.82, 2.24) is 0 Å². The Morgan fingerprint density at radius 1 is 1.36 bits per heavy atom. The molecule has 0 bridgehead atoms. The van der Waals surface area contributed by atoms with Crippen LogP contribution in [0.1, 0.15) is 19.4 Å². The van der Waals surface area contributed by atoms with Gasteiger partial charge in [0.2, 0.25) is 0 Å². The van der Waals surface area contributed by atoms with Crippen LogP contribution in [0.25, 0.3) is 6.08 Å². The topological polar surface area (TPSA) is 87.9 Å². The van der Waals surface area contributed by atoms with E-state index in [1.165, 1.54) is 13.2 Å². The molecule has 1 amide bonds. The molecule has 0 saturated heterocycles. The quantitative estimate of drug-likeness (QED) is 0.612. The Bertz CT molecular complexity index is 584. The molecule has 0 aliphatic carbocycles. The zero-order valence-corrected chi connectivity index (χ0v) is 13.3. The van der Waals surface area contributed by atoms with Crippen LogP contribution in [0, 0.1) is 0 Å². The lowest BCUT2D eigenvalue weighted by atomic mass is 10.2. The summed E-state index contributed by atoms with van der Waals surface area (Å²) in [6.07, 6.45) is 2.59. The van der Waals surface area contributed by atoms with Crippen LogP contribution in [0.2, 0.25) is 5.02 Å². The van der Waals surface area contributed by atoms with Crippen LogP contribution in [0.5, 0.6) is 11.5 Å². The van der Waals surface area contributed by atoms with Gasteiger partial charge in [-0.25, -0.2) is 4.79 Å². The van der Waals surface area contributed by atoms with Gasteiger partial charge < -0.3 is 19.9 Å². The van der Waals surface area contributed by atoms with Gasteiger partial charge in [-0.15, -0.1) is 0 Å². The van der Waals surface area contributed by atoms with E-state index < -0.39 is 18.5 Å². The predicted octanol–water partition coefficient (Wildman–Crippen LogP) is 2.18. The summed E-state index contributed by atoms with van der Waals surface area (Å²) in [5.74, 6) is -0.517. The smallest absolute Gasteiger partial charge is 0.331 e. The lowest BCUT2D eigenvalue weighted by Crippen LogP contribution is -2.19. The zero-order chi connectivity index (χ0) is 16.7. The molecule has 0 aliphatic heterocycles. The molecule has 0 aromatic heterocycles. The number of amides is 1. The summed E-state index contributed by atoms with van der Waals surface area (Å²) in [6, 6.07) is 3.29. The van der Waals surface area contributed by atoms with E-state index in [9.17, 15) is 9.59 Å². The number of rotatable bonds is 7. The molecule has 1 aromatic carbocycles. The highest BCUT2D eigenvalue weighted by Crippen LogP contribution is 2.37. The molecule has 0 aliphatic rings. The Labute approximate surface area is 133 Å². The lowest BCUT2D eigenvalue weighted by Gasteiger charge is -2.15. The average molecular weight is 328 g/mol. The van der Waals surface area contributed by atoms with Crippen LogP contribution in [-0.2, 0) is 14.3 Å². The molecule has 0 fully saturated rings. The first kappa shape index (κ1) is 17.8. The van der Waals surface area contributed by atoms with E-state index in [1.54, 1.807) is 12.1 Å². The van der Waals surface area contributed by atoms with Gasteiger partial charge in [-0.1, -0.05) is 11.6 Å². The zero-order valence-electron chi connectivity index (χ0n) is 12.6. The van der Waals surface area contributed by atoms with Crippen LogP contribution in [0.15, 0.2) is 18.2 Å². The third kappa shape index (κ3) is 5.65. The number of carbonyl (C=O) groups excluding carboxylic acids is 2. The molecule has 0 radical (unpaired) electrons. The van der Waals surface area contributed by atoms with Gasteiger partial charge in [0.25, 0.3) is 5.91 Å². The minimum atomic E-state index is -0.721. The molecule has 1 rings (SSSR count). The van der Waals surface area contributed by atoms with Crippen LogP contribution >= 0.6 is 11.6 Å². The molecule has 2 N–H and O–H groups in total. The van der Waals surface area contributed by atoms with Crippen LogP contribution < -0.4 is 15.2 Å². The van der Waals surface area contributed by atoms with E-state index >= 15 is 0 Å². The van der Waals surface area contributed by atoms with Crippen LogP contribution in [0.4, 0.5) is 0 Å². The molecule has 0 unspecified atom stereocenters. The molecule has 22 heavy (non-hydrogen) atoms. The minimum absolute atomic E-state index is 0.0587. The van der Waals surface area contributed by atoms with Crippen molar-refractivity contribution in [3.8, 4) is 11.5 Å². The standard InChI is InChI=1S/C15H18ClNO5/c1-9(2)22-15-11(16)6-10(7-12(15)20-3)4-5-14(19)21-8-13(17)18/h4-7,9H,8H2,1-3H3,(H2,17,18)/b5-4+. The van der Waals surface area contributed by atoms with Gasteiger partial charge in [-0.05, 0) is 37.6 Å². The van der Waals surface area contributed by atoms with Crippen LogP contribution in [-0.4, -0.2) is 31.7 Å². The average Bonchev–Trinajstić information content (AvgIpc) is 2.44. The summed E-state index contributed by atoms with van der Waals surface area (Å²) in [4.78, 5) is 21.9. The van der Waals surface area contributed by atoms with Gasteiger partial charge in [0.05, 0.1) is 18.2 Å². The Morgan fingerprint density at radius 2 is 2.05 bits per heavy atom. The SMILES string of the molecule is COc1cc(/C=C/C(=O)OCC(N)=O)cc(Cl)c1OC(C)C. The number of carbonyl (C=O) groups is 2. The summed E-state index contributed by atoms with van der Waals surface area (Å²) in [6.45, 7) is 3.28. The molecule has 7 heteroatoms. The monoisotopic (exact) mass is 327 g/mol. The Hall–Kier alpha value is -2.21. The molecule has 0 atom stereocenters. The maximum Gasteiger partial charge on any atom is 0.331 e.